The molecule has 0 aliphatic carbocycles. The maximum Gasteiger partial charge on any atom is 0.331 e. The Morgan fingerprint density at radius 1 is 0.865 bits per heavy atom. The number of halogens is 1. The number of rotatable bonds is 24. The van der Waals surface area contributed by atoms with Crippen LogP contribution in [0.2, 0.25) is 0 Å². The molecule has 0 fully saturated rings. The normalized spacial score (nSPS) is 13.4. The minimum atomic E-state index is -3.73. The van der Waals surface area contributed by atoms with Gasteiger partial charge in [-0.2, -0.15) is 0 Å². The van der Waals surface area contributed by atoms with Gasteiger partial charge in [0.05, 0.1) is 17.2 Å². The Bertz CT molecular complexity index is 902. The summed E-state index contributed by atoms with van der Waals surface area (Å²) < 4.78 is 24.3. The average molecular weight is 608 g/mol. The van der Waals surface area contributed by atoms with E-state index in [1.54, 1.807) is 6.08 Å². The molecule has 10 heteroatoms. The molecule has 1 aromatic rings. The van der Waals surface area contributed by atoms with Crippen LogP contribution in [0.4, 0.5) is 0 Å². The van der Waals surface area contributed by atoms with E-state index in [9.17, 15) is 19.0 Å². The number of unbranched alkanes of at least 4 members (excludes halogenated alkanes) is 13. The van der Waals surface area contributed by atoms with Crippen molar-refractivity contribution in [3.05, 3.63) is 43.7 Å². The summed E-state index contributed by atoms with van der Waals surface area (Å²) in [6, 6.07) is 0. The van der Waals surface area contributed by atoms with Crippen LogP contribution in [0.5, 0.6) is 0 Å². The van der Waals surface area contributed by atoms with E-state index >= 15 is 0 Å². The molecule has 0 aliphatic heterocycles. The van der Waals surface area contributed by atoms with Gasteiger partial charge in [-0.05, 0) is 28.8 Å². The second kappa shape index (κ2) is 21.9. The zero-order valence-electron chi connectivity index (χ0n) is 22.6. The highest BCUT2D eigenvalue weighted by Crippen LogP contribution is 2.41. The first kappa shape index (κ1) is 34.0. The highest BCUT2D eigenvalue weighted by molar-refractivity contribution is 9.10. The lowest BCUT2D eigenvalue weighted by Crippen LogP contribution is -2.29. The van der Waals surface area contributed by atoms with E-state index in [4.69, 9.17) is 9.26 Å². The number of nitrogens with one attached hydrogen (secondary N) is 1. The van der Waals surface area contributed by atoms with Crippen molar-refractivity contribution in [1.82, 2.24) is 9.55 Å². The summed E-state index contributed by atoms with van der Waals surface area (Å²) in [7, 11) is -3.73. The van der Waals surface area contributed by atoms with Gasteiger partial charge in [-0.1, -0.05) is 103 Å². The maximum absolute atomic E-state index is 12.1. The molecule has 0 bridgehead atoms. The number of ether oxygens (including phenoxy) is 1. The Morgan fingerprint density at radius 3 is 2.00 bits per heavy atom. The molecule has 0 radical (unpaired) electrons. The molecule has 0 aliphatic rings. The molecule has 37 heavy (non-hydrogen) atoms. The Balaban J connectivity index is 1.92. The second-order valence-corrected chi connectivity index (χ2v) is 12.3. The summed E-state index contributed by atoms with van der Waals surface area (Å²) in [5, 5.41) is 0. The molecule has 0 saturated heterocycles. The van der Waals surface area contributed by atoms with Crippen molar-refractivity contribution in [2.75, 3.05) is 26.0 Å². The third kappa shape index (κ3) is 18.8. The van der Waals surface area contributed by atoms with E-state index < -0.39 is 18.8 Å². The molecule has 1 rings (SSSR count). The number of hydrogen-bond donors (Lipinski definition) is 2. The van der Waals surface area contributed by atoms with E-state index in [-0.39, 0.29) is 23.8 Å². The number of hydrogen-bond acceptors (Lipinski definition) is 5. The van der Waals surface area contributed by atoms with Gasteiger partial charge in [-0.3, -0.25) is 18.9 Å². The van der Waals surface area contributed by atoms with Crippen LogP contribution in [0.1, 0.15) is 103 Å². The van der Waals surface area contributed by atoms with Crippen LogP contribution in [0, 0.1) is 0 Å². The smallest absolute Gasteiger partial charge is 0.331 e. The zero-order valence-corrected chi connectivity index (χ0v) is 25.1. The van der Waals surface area contributed by atoms with Crippen molar-refractivity contribution in [2.24, 2.45) is 0 Å². The molecule has 2 N–H and O–H groups in total. The van der Waals surface area contributed by atoms with Crippen molar-refractivity contribution in [2.45, 2.75) is 110 Å². The number of allylic oxidation sites excluding steroid dienone is 2. The minimum absolute atomic E-state index is 0.147. The standard InChI is InChI=1S/C27H48BrN2O6P/c1-2-3-4-5-6-7-8-9-10-11-12-13-14-16-20-35-21-18-22-36-37(33,34)23-17-15-19-30-24-25(28)26(31)29-27(30)32/h15,17,24H,2-14,16,18-23H2,1H3,(H,33,34)(H,29,31,32)/b17-15+. The van der Waals surface area contributed by atoms with Gasteiger partial charge in [0.25, 0.3) is 5.56 Å². The summed E-state index contributed by atoms with van der Waals surface area (Å²) in [5.74, 6) is 0. The third-order valence-corrected chi connectivity index (χ3v) is 7.96. The van der Waals surface area contributed by atoms with E-state index in [2.05, 4.69) is 27.8 Å². The molecule has 8 nitrogen and oxygen atoms in total. The van der Waals surface area contributed by atoms with Gasteiger partial charge in [0.2, 0.25) is 0 Å². The van der Waals surface area contributed by atoms with E-state index in [0.717, 1.165) is 13.0 Å². The van der Waals surface area contributed by atoms with Gasteiger partial charge in [-0.25, -0.2) is 4.79 Å². The quantitative estimate of drug-likeness (QED) is 0.0748. The molecule has 214 valence electrons. The highest BCUT2D eigenvalue weighted by Gasteiger charge is 2.16. The first-order valence-corrected chi connectivity index (χ1v) is 16.6. The predicted octanol–water partition coefficient (Wildman–Crippen LogP) is 6.95. The fourth-order valence-electron chi connectivity index (χ4n) is 3.94. The molecule has 0 aromatic carbocycles. The Morgan fingerprint density at radius 2 is 1.41 bits per heavy atom. The summed E-state index contributed by atoms with van der Waals surface area (Å²) >= 11 is 3.06. The van der Waals surface area contributed by atoms with Crippen LogP contribution in [0.15, 0.2) is 32.4 Å². The van der Waals surface area contributed by atoms with Crippen LogP contribution in [0.3, 0.4) is 0 Å². The summed E-state index contributed by atoms with van der Waals surface area (Å²) in [6.45, 7) is 3.82. The van der Waals surface area contributed by atoms with Crippen molar-refractivity contribution in [3.63, 3.8) is 0 Å². The summed E-state index contributed by atoms with van der Waals surface area (Å²) in [6.07, 6.45) is 23.5. The number of nitrogens with zero attached hydrogens (tertiary/aromatic N) is 1. The molecule has 1 atom stereocenters. The topological polar surface area (TPSA) is 111 Å². The summed E-state index contributed by atoms with van der Waals surface area (Å²) in [4.78, 5) is 35.1. The molecular weight excluding hydrogens is 559 g/mol. The molecular formula is C27H48BrN2O6P. The fraction of sp³-hybridized carbons (Fsp3) is 0.778. The van der Waals surface area contributed by atoms with Gasteiger partial charge < -0.3 is 14.2 Å². The molecule has 1 unspecified atom stereocenters. The van der Waals surface area contributed by atoms with Crippen molar-refractivity contribution >= 4 is 23.5 Å². The number of aromatic nitrogens is 2. The third-order valence-electron chi connectivity index (χ3n) is 6.14. The molecule has 1 aromatic heterocycles. The van der Waals surface area contributed by atoms with E-state index in [1.165, 1.54) is 100 Å². The number of H-pyrrole nitrogens is 1. The van der Waals surface area contributed by atoms with Crippen LogP contribution in [-0.4, -0.2) is 40.4 Å². The van der Waals surface area contributed by atoms with Crippen molar-refractivity contribution in [3.8, 4) is 0 Å². The Hall–Kier alpha value is -0.990. The van der Waals surface area contributed by atoms with Gasteiger partial charge in [-0.15, -0.1) is 0 Å². The van der Waals surface area contributed by atoms with Crippen molar-refractivity contribution in [1.29, 1.82) is 0 Å². The van der Waals surface area contributed by atoms with Gasteiger partial charge in [0.1, 0.15) is 0 Å². The van der Waals surface area contributed by atoms with Crippen LogP contribution < -0.4 is 11.2 Å². The number of aromatic amines is 1. The lowest BCUT2D eigenvalue weighted by atomic mass is 10.0. The molecule has 0 spiro atoms. The molecule has 0 amide bonds. The largest absolute Gasteiger partial charge is 0.381 e. The average Bonchev–Trinajstić information content (AvgIpc) is 2.86. The van der Waals surface area contributed by atoms with Gasteiger partial charge in [0, 0.05) is 26.0 Å². The highest BCUT2D eigenvalue weighted by atomic mass is 79.9. The predicted molar refractivity (Wildman–Crippen MR) is 155 cm³/mol. The van der Waals surface area contributed by atoms with Gasteiger partial charge in [0.15, 0.2) is 0 Å². The fourth-order valence-corrected chi connectivity index (χ4v) is 5.22. The van der Waals surface area contributed by atoms with Crippen LogP contribution in [-0.2, 0) is 20.4 Å². The van der Waals surface area contributed by atoms with Gasteiger partial charge >= 0.3 is 13.3 Å². The van der Waals surface area contributed by atoms with E-state index in [0.29, 0.717) is 13.0 Å². The maximum atomic E-state index is 12.1. The SMILES string of the molecule is CCCCCCCCCCCCCCCCOCCCOP(=O)(O)C/C=C/Cn1cc(Br)c(=O)[nH]c1=O. The second-order valence-electron chi connectivity index (χ2n) is 9.58. The van der Waals surface area contributed by atoms with Crippen LogP contribution >= 0.6 is 23.5 Å². The Kier molecular flexibility index (Phi) is 20.1. The zero-order chi connectivity index (χ0) is 27.2. The molecule has 0 saturated carbocycles. The van der Waals surface area contributed by atoms with Crippen molar-refractivity contribution < 1.29 is 18.7 Å². The first-order valence-electron chi connectivity index (χ1n) is 14.0. The van der Waals surface area contributed by atoms with E-state index in [1.807, 2.05) is 0 Å². The minimum Gasteiger partial charge on any atom is -0.381 e. The van der Waals surface area contributed by atoms with Crippen LogP contribution in [0.25, 0.3) is 0 Å². The monoisotopic (exact) mass is 606 g/mol. The molecule has 1 heterocycles. The lowest BCUT2D eigenvalue weighted by Gasteiger charge is -2.10. The lowest BCUT2D eigenvalue weighted by molar-refractivity contribution is 0.114. The first-order chi connectivity index (χ1) is 17.9. The Labute approximate surface area is 230 Å². The summed E-state index contributed by atoms with van der Waals surface area (Å²) in [5.41, 5.74) is -1.04.